The van der Waals surface area contributed by atoms with Crippen LogP contribution in [-0.4, -0.2) is 22.0 Å². The van der Waals surface area contributed by atoms with Gasteiger partial charge in [-0.05, 0) is 6.92 Å². The van der Waals surface area contributed by atoms with E-state index in [2.05, 4.69) is 15.0 Å². The Balaban J connectivity index is 2.24. The molecule has 0 aliphatic carbocycles. The van der Waals surface area contributed by atoms with Crippen LogP contribution in [0.25, 0.3) is 0 Å². The summed E-state index contributed by atoms with van der Waals surface area (Å²) in [4.78, 5) is 15.5. The maximum atomic E-state index is 8.96. The molecule has 5 nitrogen and oxygen atoms in total. The quantitative estimate of drug-likeness (QED) is 0.824. The molecule has 0 aliphatic rings. The molecule has 0 atom stereocenters. The first-order chi connectivity index (χ1) is 8.22. The van der Waals surface area contributed by atoms with Crippen molar-refractivity contribution in [3.05, 3.63) is 34.2 Å². The predicted octanol–water partition coefficient (Wildman–Crippen LogP) is 1.75. The minimum Gasteiger partial charge on any atom is -0.352 e. The van der Waals surface area contributed by atoms with Crippen LogP contribution in [0.1, 0.15) is 16.3 Å². The number of hydrogen-bond donors (Lipinski definition) is 0. The van der Waals surface area contributed by atoms with Crippen LogP contribution < -0.4 is 4.90 Å². The zero-order chi connectivity index (χ0) is 12.3. The molecule has 0 bridgehead atoms. The van der Waals surface area contributed by atoms with E-state index in [-0.39, 0.29) is 0 Å². The fourth-order valence-corrected chi connectivity index (χ4v) is 2.29. The van der Waals surface area contributed by atoms with Crippen molar-refractivity contribution in [2.45, 2.75) is 13.5 Å². The van der Waals surface area contributed by atoms with Gasteiger partial charge in [0.2, 0.25) is 0 Å². The topological polar surface area (TPSA) is 65.7 Å². The summed E-state index contributed by atoms with van der Waals surface area (Å²) in [6, 6.07) is 2.04. The van der Waals surface area contributed by atoms with Gasteiger partial charge in [0, 0.05) is 24.3 Å². The van der Waals surface area contributed by atoms with Crippen molar-refractivity contribution in [1.82, 2.24) is 15.0 Å². The molecule has 0 aliphatic heterocycles. The van der Waals surface area contributed by atoms with E-state index in [1.165, 1.54) is 11.1 Å². The van der Waals surface area contributed by atoms with Gasteiger partial charge in [-0.25, -0.2) is 15.0 Å². The lowest BCUT2D eigenvalue weighted by atomic mass is 10.3. The first-order valence-corrected chi connectivity index (χ1v) is 5.91. The lowest BCUT2D eigenvalue weighted by Gasteiger charge is -2.17. The van der Waals surface area contributed by atoms with E-state index in [0.29, 0.717) is 18.1 Å². The van der Waals surface area contributed by atoms with Crippen LogP contribution in [0.2, 0.25) is 0 Å². The van der Waals surface area contributed by atoms with Crippen LogP contribution in [-0.2, 0) is 6.54 Å². The fourth-order valence-electron chi connectivity index (χ4n) is 1.46. The summed E-state index contributed by atoms with van der Waals surface area (Å²) in [5.74, 6) is 0.600. The van der Waals surface area contributed by atoms with E-state index in [9.17, 15) is 0 Å². The maximum absolute atomic E-state index is 8.96. The molecule has 0 unspecified atom stereocenters. The first-order valence-electron chi connectivity index (χ1n) is 5.03. The molecule has 0 radical (unpaired) electrons. The third-order valence-electron chi connectivity index (χ3n) is 2.37. The van der Waals surface area contributed by atoms with Crippen molar-refractivity contribution in [2.24, 2.45) is 0 Å². The molecule has 2 heterocycles. The Labute approximate surface area is 103 Å². The molecule has 2 rings (SSSR count). The SMILES string of the molecule is Cc1ncsc1CN(C)c1nccnc1C#N. The monoisotopic (exact) mass is 245 g/mol. The second-order valence-electron chi connectivity index (χ2n) is 3.56. The van der Waals surface area contributed by atoms with E-state index in [1.807, 2.05) is 30.5 Å². The average molecular weight is 245 g/mol. The van der Waals surface area contributed by atoms with Crippen molar-refractivity contribution in [3.63, 3.8) is 0 Å². The van der Waals surface area contributed by atoms with Gasteiger partial charge in [0.25, 0.3) is 0 Å². The molecular weight excluding hydrogens is 234 g/mol. The van der Waals surface area contributed by atoms with Gasteiger partial charge in [0.05, 0.1) is 17.7 Å². The molecule has 0 spiro atoms. The largest absolute Gasteiger partial charge is 0.352 e. The number of aromatic nitrogens is 3. The summed E-state index contributed by atoms with van der Waals surface area (Å²) in [7, 11) is 1.89. The number of rotatable bonds is 3. The van der Waals surface area contributed by atoms with Crippen molar-refractivity contribution in [2.75, 3.05) is 11.9 Å². The normalized spacial score (nSPS) is 9.94. The highest BCUT2D eigenvalue weighted by Crippen LogP contribution is 2.19. The second-order valence-corrected chi connectivity index (χ2v) is 4.50. The molecule has 2 aromatic heterocycles. The van der Waals surface area contributed by atoms with Crippen LogP contribution >= 0.6 is 11.3 Å². The van der Waals surface area contributed by atoms with Gasteiger partial charge in [-0.2, -0.15) is 5.26 Å². The summed E-state index contributed by atoms with van der Waals surface area (Å²) < 4.78 is 0. The third-order valence-corrected chi connectivity index (χ3v) is 3.29. The zero-order valence-electron chi connectivity index (χ0n) is 9.58. The number of nitriles is 1. The number of hydrogen-bond acceptors (Lipinski definition) is 6. The Hall–Kier alpha value is -2.00. The molecule has 0 fully saturated rings. The van der Waals surface area contributed by atoms with Gasteiger partial charge >= 0.3 is 0 Å². The molecule has 0 saturated heterocycles. The predicted molar refractivity (Wildman–Crippen MR) is 65.7 cm³/mol. The molecule has 6 heteroatoms. The molecule has 2 aromatic rings. The standard InChI is InChI=1S/C11H11N5S/c1-8-10(17-7-15-8)6-16(2)11-9(5-12)13-3-4-14-11/h3-4,7H,6H2,1-2H3. The van der Waals surface area contributed by atoms with Gasteiger partial charge in [-0.1, -0.05) is 0 Å². The molecule has 0 saturated carbocycles. The highest BCUT2D eigenvalue weighted by Gasteiger charge is 2.12. The summed E-state index contributed by atoms with van der Waals surface area (Å²) in [5, 5.41) is 8.96. The summed E-state index contributed by atoms with van der Waals surface area (Å²) in [5.41, 5.74) is 3.18. The van der Waals surface area contributed by atoms with Crippen LogP contribution in [0, 0.1) is 18.3 Å². The fraction of sp³-hybridized carbons (Fsp3) is 0.273. The van der Waals surface area contributed by atoms with Crippen LogP contribution in [0.15, 0.2) is 17.9 Å². The smallest absolute Gasteiger partial charge is 0.183 e. The molecule has 0 N–H and O–H groups in total. The highest BCUT2D eigenvalue weighted by molar-refractivity contribution is 7.09. The minimum atomic E-state index is 0.345. The van der Waals surface area contributed by atoms with Gasteiger partial charge in [0.15, 0.2) is 11.5 Å². The second kappa shape index (κ2) is 4.89. The number of anilines is 1. The Morgan fingerprint density at radius 3 is 2.76 bits per heavy atom. The van der Waals surface area contributed by atoms with Crippen molar-refractivity contribution < 1.29 is 0 Å². The van der Waals surface area contributed by atoms with E-state index >= 15 is 0 Å². The molecule has 86 valence electrons. The van der Waals surface area contributed by atoms with Crippen LogP contribution in [0.5, 0.6) is 0 Å². The summed E-state index contributed by atoms with van der Waals surface area (Å²) in [6.45, 7) is 2.66. The molecule has 0 amide bonds. The Morgan fingerprint density at radius 1 is 1.35 bits per heavy atom. The molecule has 0 aromatic carbocycles. The minimum absolute atomic E-state index is 0.345. The van der Waals surface area contributed by atoms with E-state index in [1.54, 1.807) is 17.5 Å². The summed E-state index contributed by atoms with van der Waals surface area (Å²) >= 11 is 1.60. The van der Waals surface area contributed by atoms with E-state index in [4.69, 9.17) is 5.26 Å². The summed E-state index contributed by atoms with van der Waals surface area (Å²) in [6.07, 6.45) is 3.11. The van der Waals surface area contributed by atoms with Crippen molar-refractivity contribution in [1.29, 1.82) is 5.26 Å². The molecular formula is C11H11N5S. The maximum Gasteiger partial charge on any atom is 0.183 e. The van der Waals surface area contributed by atoms with Gasteiger partial charge in [0.1, 0.15) is 6.07 Å². The molecule has 17 heavy (non-hydrogen) atoms. The van der Waals surface area contributed by atoms with Crippen molar-refractivity contribution in [3.8, 4) is 6.07 Å². The van der Waals surface area contributed by atoms with Crippen LogP contribution in [0.3, 0.4) is 0 Å². The number of aryl methyl sites for hydroxylation is 1. The number of nitrogens with zero attached hydrogens (tertiary/aromatic N) is 5. The Bertz CT molecular complexity index is 557. The highest BCUT2D eigenvalue weighted by atomic mass is 32.1. The van der Waals surface area contributed by atoms with Gasteiger partial charge in [-0.15, -0.1) is 11.3 Å². The lowest BCUT2D eigenvalue weighted by molar-refractivity contribution is 0.888. The number of thiazole rings is 1. The van der Waals surface area contributed by atoms with E-state index in [0.717, 1.165) is 5.69 Å². The van der Waals surface area contributed by atoms with Gasteiger partial charge < -0.3 is 4.90 Å². The average Bonchev–Trinajstić information content (AvgIpc) is 2.75. The third kappa shape index (κ3) is 2.40. The lowest BCUT2D eigenvalue weighted by Crippen LogP contribution is -2.19. The Morgan fingerprint density at radius 2 is 2.12 bits per heavy atom. The van der Waals surface area contributed by atoms with E-state index < -0.39 is 0 Å². The van der Waals surface area contributed by atoms with Gasteiger partial charge in [-0.3, -0.25) is 0 Å². The zero-order valence-corrected chi connectivity index (χ0v) is 10.4. The first kappa shape index (κ1) is 11.5. The Kier molecular flexibility index (Phi) is 3.30. The van der Waals surface area contributed by atoms with Crippen molar-refractivity contribution >= 4 is 17.2 Å². The van der Waals surface area contributed by atoms with Crippen LogP contribution in [0.4, 0.5) is 5.82 Å².